The number of hydrogen-bond acceptors (Lipinski definition) is 3. The zero-order valence-corrected chi connectivity index (χ0v) is 10.9. The third kappa shape index (κ3) is 2.89. The molecule has 1 N–H and O–H groups in total. The smallest absolute Gasteiger partial charge is 0.237 e. The van der Waals surface area contributed by atoms with Gasteiger partial charge in [-0.25, -0.2) is 0 Å². The van der Waals surface area contributed by atoms with Crippen molar-refractivity contribution in [3.63, 3.8) is 0 Å². The number of amides is 1. The van der Waals surface area contributed by atoms with E-state index in [1.54, 1.807) is 24.3 Å². The van der Waals surface area contributed by atoms with Gasteiger partial charge in [-0.3, -0.25) is 14.5 Å². The van der Waals surface area contributed by atoms with Gasteiger partial charge in [-0.15, -0.1) is 0 Å². The van der Waals surface area contributed by atoms with E-state index in [2.05, 4.69) is 5.32 Å². The normalized spacial score (nSPS) is 20.6. The van der Waals surface area contributed by atoms with Gasteiger partial charge in [0.05, 0.1) is 12.6 Å². The number of carbonyl (C=O) groups excluding carboxylic acids is 2. The van der Waals surface area contributed by atoms with Crippen molar-refractivity contribution in [2.75, 3.05) is 19.6 Å². The molecule has 5 heteroatoms. The number of benzene rings is 1. The van der Waals surface area contributed by atoms with Crippen LogP contribution in [0.25, 0.3) is 0 Å². The number of nitrogens with zero attached hydrogens (tertiary/aromatic N) is 1. The molecule has 1 saturated heterocycles. The van der Waals surface area contributed by atoms with Crippen LogP contribution < -0.4 is 5.32 Å². The number of ketones is 1. The van der Waals surface area contributed by atoms with Gasteiger partial charge in [0.1, 0.15) is 0 Å². The number of hydrogen-bond donors (Lipinski definition) is 1. The lowest BCUT2D eigenvalue weighted by molar-refractivity contribution is -0.127. The predicted octanol–water partition coefficient (Wildman–Crippen LogP) is 1.34. The molecular formula is C13H15ClN2O2. The highest BCUT2D eigenvalue weighted by Crippen LogP contribution is 2.12. The molecule has 1 fully saturated rings. The van der Waals surface area contributed by atoms with Crippen LogP contribution in [0.2, 0.25) is 5.02 Å². The quantitative estimate of drug-likeness (QED) is 0.840. The second kappa shape index (κ2) is 5.50. The molecule has 96 valence electrons. The molecule has 4 nitrogen and oxygen atoms in total. The topological polar surface area (TPSA) is 49.4 Å². The Balaban J connectivity index is 2.02. The highest BCUT2D eigenvalue weighted by molar-refractivity contribution is 6.30. The first-order valence-corrected chi connectivity index (χ1v) is 6.26. The largest absolute Gasteiger partial charge is 0.353 e. The lowest BCUT2D eigenvalue weighted by Crippen LogP contribution is -2.55. The third-order valence-corrected chi connectivity index (χ3v) is 3.39. The maximum absolute atomic E-state index is 12.1. The van der Waals surface area contributed by atoms with E-state index >= 15 is 0 Å². The van der Waals surface area contributed by atoms with Gasteiger partial charge in [0.2, 0.25) is 5.91 Å². The molecule has 0 aromatic heterocycles. The number of Topliss-reactive ketones (excluding diaryl/α,β-unsaturated/α-hetero) is 1. The minimum atomic E-state index is -0.255. The van der Waals surface area contributed by atoms with Gasteiger partial charge in [0.25, 0.3) is 0 Å². The van der Waals surface area contributed by atoms with Crippen molar-refractivity contribution < 1.29 is 9.59 Å². The Morgan fingerprint density at radius 2 is 2.11 bits per heavy atom. The SMILES string of the molecule is CC1C(=O)NCCN1CC(=O)c1ccc(Cl)cc1. The number of carbonyl (C=O) groups is 2. The van der Waals surface area contributed by atoms with E-state index in [0.717, 1.165) is 0 Å². The zero-order valence-electron chi connectivity index (χ0n) is 10.1. The lowest BCUT2D eigenvalue weighted by Gasteiger charge is -2.32. The Kier molecular flexibility index (Phi) is 3.99. The van der Waals surface area contributed by atoms with E-state index in [0.29, 0.717) is 23.7 Å². The summed E-state index contributed by atoms with van der Waals surface area (Å²) in [5.41, 5.74) is 0.623. The summed E-state index contributed by atoms with van der Waals surface area (Å²) in [4.78, 5) is 25.4. The molecule has 18 heavy (non-hydrogen) atoms. The first-order chi connectivity index (χ1) is 8.58. The van der Waals surface area contributed by atoms with Crippen molar-refractivity contribution in [1.82, 2.24) is 10.2 Å². The lowest BCUT2D eigenvalue weighted by atomic mass is 10.1. The molecule has 1 aliphatic rings. The van der Waals surface area contributed by atoms with Crippen molar-refractivity contribution >= 4 is 23.3 Å². The number of nitrogens with one attached hydrogen (secondary N) is 1. The Hall–Kier alpha value is -1.39. The van der Waals surface area contributed by atoms with E-state index in [9.17, 15) is 9.59 Å². The van der Waals surface area contributed by atoms with Crippen LogP contribution >= 0.6 is 11.6 Å². The standard InChI is InChI=1S/C13H15ClN2O2/c1-9-13(18)15-6-7-16(9)8-12(17)10-2-4-11(14)5-3-10/h2-5,9H,6-8H2,1H3,(H,15,18). The molecule has 1 aromatic rings. The highest BCUT2D eigenvalue weighted by atomic mass is 35.5. The fourth-order valence-corrected chi connectivity index (χ4v) is 2.08. The summed E-state index contributed by atoms with van der Waals surface area (Å²) in [6, 6.07) is 6.55. The fraction of sp³-hybridized carbons (Fsp3) is 0.385. The molecule has 0 spiro atoms. The van der Waals surface area contributed by atoms with Crippen LogP contribution in [0.5, 0.6) is 0 Å². The average Bonchev–Trinajstić information content (AvgIpc) is 2.36. The Bertz CT molecular complexity index is 459. The second-order valence-corrected chi connectivity index (χ2v) is 4.80. The second-order valence-electron chi connectivity index (χ2n) is 4.37. The third-order valence-electron chi connectivity index (χ3n) is 3.14. The van der Waals surface area contributed by atoms with Crippen LogP contribution in [-0.4, -0.2) is 42.3 Å². The van der Waals surface area contributed by atoms with E-state index in [1.165, 1.54) is 0 Å². The maximum atomic E-state index is 12.1. The molecule has 0 aliphatic carbocycles. The van der Waals surface area contributed by atoms with Gasteiger partial charge < -0.3 is 5.32 Å². The van der Waals surface area contributed by atoms with Gasteiger partial charge in [0, 0.05) is 23.7 Å². The minimum Gasteiger partial charge on any atom is -0.353 e. The molecular weight excluding hydrogens is 252 g/mol. The van der Waals surface area contributed by atoms with Gasteiger partial charge >= 0.3 is 0 Å². The van der Waals surface area contributed by atoms with Gasteiger partial charge in [0.15, 0.2) is 5.78 Å². The summed E-state index contributed by atoms with van der Waals surface area (Å²) in [7, 11) is 0. The van der Waals surface area contributed by atoms with Gasteiger partial charge in [-0.1, -0.05) is 11.6 Å². The molecule has 1 unspecified atom stereocenters. The van der Waals surface area contributed by atoms with Crippen molar-refractivity contribution in [1.29, 1.82) is 0 Å². The van der Waals surface area contributed by atoms with Crippen LogP contribution in [0.1, 0.15) is 17.3 Å². The van der Waals surface area contributed by atoms with Crippen LogP contribution in [0, 0.1) is 0 Å². The Labute approximate surface area is 111 Å². The Morgan fingerprint density at radius 1 is 1.44 bits per heavy atom. The van der Waals surface area contributed by atoms with Crippen LogP contribution in [0.15, 0.2) is 24.3 Å². The predicted molar refractivity (Wildman–Crippen MR) is 69.8 cm³/mol. The summed E-state index contributed by atoms with van der Waals surface area (Å²) in [6.07, 6.45) is 0. The van der Waals surface area contributed by atoms with E-state index in [1.807, 2.05) is 11.8 Å². The summed E-state index contributed by atoms with van der Waals surface area (Å²) >= 11 is 5.78. The van der Waals surface area contributed by atoms with Crippen molar-refractivity contribution in [3.8, 4) is 0 Å². The molecule has 1 aromatic carbocycles. The molecule has 0 saturated carbocycles. The molecule has 0 bridgehead atoms. The molecule has 1 aliphatic heterocycles. The highest BCUT2D eigenvalue weighted by Gasteiger charge is 2.26. The van der Waals surface area contributed by atoms with Crippen molar-refractivity contribution in [2.24, 2.45) is 0 Å². The average molecular weight is 267 g/mol. The van der Waals surface area contributed by atoms with Crippen molar-refractivity contribution in [2.45, 2.75) is 13.0 Å². The first-order valence-electron chi connectivity index (χ1n) is 5.88. The van der Waals surface area contributed by atoms with Crippen molar-refractivity contribution in [3.05, 3.63) is 34.9 Å². The minimum absolute atomic E-state index is 0.00761. The summed E-state index contributed by atoms with van der Waals surface area (Å²) in [5, 5.41) is 3.38. The van der Waals surface area contributed by atoms with E-state index in [4.69, 9.17) is 11.6 Å². The fourth-order valence-electron chi connectivity index (χ4n) is 1.96. The van der Waals surface area contributed by atoms with Crippen LogP contribution in [0.3, 0.4) is 0 Å². The first kappa shape index (κ1) is 13.1. The van der Waals surface area contributed by atoms with Crippen LogP contribution in [-0.2, 0) is 4.79 Å². The number of halogens is 1. The van der Waals surface area contributed by atoms with E-state index in [-0.39, 0.29) is 24.3 Å². The number of piperazine rings is 1. The van der Waals surface area contributed by atoms with Gasteiger partial charge in [-0.2, -0.15) is 0 Å². The van der Waals surface area contributed by atoms with E-state index < -0.39 is 0 Å². The van der Waals surface area contributed by atoms with Crippen LogP contribution in [0.4, 0.5) is 0 Å². The monoisotopic (exact) mass is 266 g/mol. The zero-order chi connectivity index (χ0) is 13.1. The Morgan fingerprint density at radius 3 is 2.78 bits per heavy atom. The summed E-state index contributed by atoms with van der Waals surface area (Å²) in [6.45, 7) is 3.36. The number of rotatable bonds is 3. The molecule has 2 rings (SSSR count). The molecule has 1 heterocycles. The molecule has 1 atom stereocenters. The maximum Gasteiger partial charge on any atom is 0.237 e. The van der Waals surface area contributed by atoms with Gasteiger partial charge in [-0.05, 0) is 31.2 Å². The molecule has 1 amide bonds. The molecule has 0 radical (unpaired) electrons. The summed E-state index contributed by atoms with van der Waals surface area (Å²) < 4.78 is 0. The summed E-state index contributed by atoms with van der Waals surface area (Å²) in [5.74, 6) is -0.0154.